The van der Waals surface area contributed by atoms with Gasteiger partial charge in [-0.05, 0) is 117 Å². The highest BCUT2D eigenvalue weighted by molar-refractivity contribution is 6.23. The third-order valence-corrected chi connectivity index (χ3v) is 14.0. The van der Waals surface area contributed by atoms with Crippen LogP contribution in [-0.4, -0.2) is 27.7 Å². The molecular weight excluding hydrogens is 719 g/mol. The molecule has 4 aliphatic rings. The Labute approximate surface area is 344 Å². The number of aromatic nitrogens is 3. The van der Waals surface area contributed by atoms with Crippen LogP contribution in [-0.2, 0) is 10.2 Å². The van der Waals surface area contributed by atoms with Crippen LogP contribution in [0, 0.1) is 5.92 Å². The zero-order valence-electron chi connectivity index (χ0n) is 33.5. The number of nitrogens with zero attached hydrogens (tertiary/aromatic N) is 3. The van der Waals surface area contributed by atoms with E-state index in [4.69, 9.17) is 14.7 Å². The molecule has 0 spiro atoms. The van der Waals surface area contributed by atoms with Crippen LogP contribution in [0.5, 0.6) is 0 Å². The number of hydrogen-bond donors (Lipinski definition) is 0. The van der Waals surface area contributed by atoms with Crippen molar-refractivity contribution in [2.24, 2.45) is 5.92 Å². The smallest absolute Gasteiger partial charge is 0.0971 e. The monoisotopic (exact) mass is 763 g/mol. The van der Waals surface area contributed by atoms with Gasteiger partial charge in [0.25, 0.3) is 0 Å². The van der Waals surface area contributed by atoms with Crippen molar-refractivity contribution in [3.63, 3.8) is 0 Å². The maximum absolute atomic E-state index is 5.93. The zero-order chi connectivity index (χ0) is 39.2. The maximum Gasteiger partial charge on any atom is 0.0971 e. The van der Waals surface area contributed by atoms with Gasteiger partial charge in [0.05, 0.1) is 35.3 Å². The van der Waals surface area contributed by atoms with Gasteiger partial charge in [0.2, 0.25) is 0 Å². The molecule has 3 atom stereocenters. The Morgan fingerprint density at radius 3 is 2.37 bits per heavy atom. The standard InChI is InChI=1S/C55H45N3O/c1-55(2)49-31-38(35-11-9-10-34(28-35)36-19-23-46-47(29-36)41-13-3-4-15-45(41)53-54(46)57-26-25-56-53)17-21-42(49)43-22-18-39(32-50(43)55)37-20-24-52-48(30-37)44-14-5-6-16-51(44)58(52)40-12-7-8-27-59-33-40/h3-8,10,12-26,29-32,35,43,50H,9,11,27-28,33H2,1-2H3. The van der Waals surface area contributed by atoms with Crippen molar-refractivity contribution in [1.82, 2.24) is 14.5 Å². The van der Waals surface area contributed by atoms with E-state index < -0.39 is 0 Å². The molecule has 286 valence electrons. The van der Waals surface area contributed by atoms with Crippen molar-refractivity contribution in [3.05, 3.63) is 186 Å². The lowest BCUT2D eigenvalue weighted by Gasteiger charge is -2.31. The van der Waals surface area contributed by atoms with E-state index in [9.17, 15) is 0 Å². The first-order valence-corrected chi connectivity index (χ1v) is 21.3. The number of benzene rings is 6. The molecule has 0 saturated carbocycles. The average molecular weight is 764 g/mol. The van der Waals surface area contributed by atoms with Gasteiger partial charge < -0.3 is 9.30 Å². The number of hydrogen-bond acceptors (Lipinski definition) is 3. The highest BCUT2D eigenvalue weighted by Crippen LogP contribution is 2.55. The van der Waals surface area contributed by atoms with E-state index in [0.717, 1.165) is 35.0 Å². The lowest BCUT2D eigenvalue weighted by Crippen LogP contribution is -2.25. The molecule has 59 heavy (non-hydrogen) atoms. The highest BCUT2D eigenvalue weighted by Gasteiger charge is 2.45. The van der Waals surface area contributed by atoms with Gasteiger partial charge in [-0.25, -0.2) is 0 Å². The Kier molecular flexibility index (Phi) is 7.84. The van der Waals surface area contributed by atoms with Crippen LogP contribution in [0.4, 0.5) is 0 Å². The fourth-order valence-electron chi connectivity index (χ4n) is 11.1. The van der Waals surface area contributed by atoms with Crippen LogP contribution >= 0.6 is 0 Å². The molecule has 0 saturated heterocycles. The lowest BCUT2D eigenvalue weighted by molar-refractivity contribution is 0.197. The first-order valence-electron chi connectivity index (χ1n) is 21.3. The molecule has 8 aromatic rings. The summed E-state index contributed by atoms with van der Waals surface area (Å²) in [5.74, 6) is 1.26. The second kappa shape index (κ2) is 13.3. The summed E-state index contributed by atoms with van der Waals surface area (Å²) >= 11 is 0. The lowest BCUT2D eigenvalue weighted by atomic mass is 9.72. The van der Waals surface area contributed by atoms with E-state index in [-0.39, 0.29) is 5.41 Å². The van der Waals surface area contributed by atoms with E-state index in [1.807, 2.05) is 6.20 Å². The second-order valence-corrected chi connectivity index (χ2v) is 17.6. The number of fused-ring (bicyclic) bond motifs is 12. The van der Waals surface area contributed by atoms with Crippen LogP contribution < -0.4 is 0 Å². The van der Waals surface area contributed by atoms with Crippen molar-refractivity contribution < 1.29 is 4.74 Å². The van der Waals surface area contributed by atoms with E-state index in [1.54, 1.807) is 6.20 Å². The topological polar surface area (TPSA) is 39.9 Å². The van der Waals surface area contributed by atoms with E-state index >= 15 is 0 Å². The number of ether oxygens (including phenoxy) is 1. The average Bonchev–Trinajstić information content (AvgIpc) is 3.55. The van der Waals surface area contributed by atoms with Crippen LogP contribution in [0.15, 0.2) is 158 Å². The Morgan fingerprint density at radius 2 is 1.49 bits per heavy atom. The van der Waals surface area contributed by atoms with Crippen LogP contribution in [0.1, 0.15) is 72.8 Å². The van der Waals surface area contributed by atoms with E-state index in [0.29, 0.717) is 31.0 Å². The van der Waals surface area contributed by atoms with Crippen LogP contribution in [0.25, 0.3) is 71.2 Å². The Hall–Kier alpha value is -6.36. The zero-order valence-corrected chi connectivity index (χ0v) is 33.5. The van der Waals surface area contributed by atoms with Gasteiger partial charge in [0.15, 0.2) is 0 Å². The Balaban J connectivity index is 0.853. The minimum Gasteiger partial charge on any atom is -0.371 e. The Bertz CT molecular complexity index is 3190. The summed E-state index contributed by atoms with van der Waals surface area (Å²) in [5.41, 5.74) is 15.4. The van der Waals surface area contributed by atoms with E-state index in [2.05, 4.69) is 164 Å². The van der Waals surface area contributed by atoms with Gasteiger partial charge in [-0.15, -0.1) is 0 Å². The molecule has 3 aliphatic carbocycles. The summed E-state index contributed by atoms with van der Waals surface area (Å²) < 4.78 is 8.31. The molecule has 1 aliphatic heterocycles. The minimum absolute atomic E-state index is 0.00400. The van der Waals surface area contributed by atoms with Gasteiger partial charge in [0, 0.05) is 45.6 Å². The molecule has 0 bridgehead atoms. The van der Waals surface area contributed by atoms with Gasteiger partial charge in [-0.3, -0.25) is 9.97 Å². The second-order valence-electron chi connectivity index (χ2n) is 17.6. The van der Waals surface area contributed by atoms with Crippen molar-refractivity contribution in [2.75, 3.05) is 13.2 Å². The molecule has 0 N–H and O–H groups in total. The van der Waals surface area contributed by atoms with Crippen LogP contribution in [0.2, 0.25) is 0 Å². The third-order valence-electron chi connectivity index (χ3n) is 14.0. The van der Waals surface area contributed by atoms with Crippen molar-refractivity contribution in [1.29, 1.82) is 0 Å². The Morgan fingerprint density at radius 1 is 0.729 bits per heavy atom. The molecule has 3 unspecified atom stereocenters. The molecule has 2 aromatic heterocycles. The summed E-state index contributed by atoms with van der Waals surface area (Å²) in [5, 5.41) is 7.38. The number of para-hydroxylation sites is 1. The van der Waals surface area contributed by atoms with Gasteiger partial charge in [0.1, 0.15) is 0 Å². The maximum atomic E-state index is 5.93. The van der Waals surface area contributed by atoms with Gasteiger partial charge in [-0.1, -0.05) is 129 Å². The minimum atomic E-state index is 0.00400. The summed E-state index contributed by atoms with van der Waals surface area (Å²) in [7, 11) is 0. The molecule has 12 rings (SSSR count). The predicted molar refractivity (Wildman–Crippen MR) is 246 cm³/mol. The summed E-state index contributed by atoms with van der Waals surface area (Å²) in [6.45, 7) is 6.18. The molecule has 6 aromatic carbocycles. The van der Waals surface area contributed by atoms with Crippen LogP contribution in [0.3, 0.4) is 0 Å². The summed E-state index contributed by atoms with van der Waals surface area (Å²) in [4.78, 5) is 9.52. The fraction of sp³-hybridized carbons (Fsp3) is 0.200. The third kappa shape index (κ3) is 5.39. The number of rotatable bonds is 4. The fourth-order valence-corrected chi connectivity index (χ4v) is 11.1. The quantitative estimate of drug-likeness (QED) is 0.168. The molecular formula is C55H45N3O. The van der Waals surface area contributed by atoms with Crippen molar-refractivity contribution in [2.45, 2.75) is 50.4 Å². The molecule has 3 heterocycles. The molecule has 4 nitrogen and oxygen atoms in total. The first kappa shape index (κ1) is 34.7. The predicted octanol–water partition coefficient (Wildman–Crippen LogP) is 13.5. The molecule has 0 amide bonds. The highest BCUT2D eigenvalue weighted by atomic mass is 16.5. The summed E-state index contributed by atoms with van der Waals surface area (Å²) in [6, 6.07) is 39.0. The SMILES string of the molecule is CC1(C)c2cc(C3CCC=C(c4ccc5c(c4)c4ccccc4c4nccnc54)C3)ccc2C2C=CC(c3ccc4c(c3)c3ccccc3n4C3=CC=CCOC3)=CC21. The van der Waals surface area contributed by atoms with E-state index in [1.165, 1.54) is 83.3 Å². The van der Waals surface area contributed by atoms with Crippen molar-refractivity contribution in [3.8, 4) is 0 Å². The first-order chi connectivity index (χ1) is 29.0. The number of allylic oxidation sites excluding steroid dienone is 8. The summed E-state index contributed by atoms with van der Waals surface area (Å²) in [6.07, 6.45) is 23.2. The normalized spacial score (nSPS) is 21.1. The van der Waals surface area contributed by atoms with Gasteiger partial charge >= 0.3 is 0 Å². The van der Waals surface area contributed by atoms with Gasteiger partial charge in [-0.2, -0.15) is 0 Å². The molecule has 0 radical (unpaired) electrons. The largest absolute Gasteiger partial charge is 0.371 e. The van der Waals surface area contributed by atoms with Crippen molar-refractivity contribution >= 4 is 71.2 Å². The molecule has 4 heteroatoms. The molecule has 0 fully saturated rings.